The summed E-state index contributed by atoms with van der Waals surface area (Å²) in [5.74, 6) is 1.82. The zero-order valence-electron chi connectivity index (χ0n) is 23.3. The maximum absolute atomic E-state index is 12.1. The zero-order valence-corrected chi connectivity index (χ0v) is 24.8. The number of rotatable bonds is 11. The summed E-state index contributed by atoms with van der Waals surface area (Å²) in [5.41, 5.74) is 2.64. The van der Waals surface area contributed by atoms with E-state index in [0.717, 1.165) is 12.0 Å². The van der Waals surface area contributed by atoms with Crippen LogP contribution < -0.4 is 20.1 Å². The number of anilines is 2. The molecule has 0 amide bonds. The highest BCUT2D eigenvalue weighted by Gasteiger charge is 2.28. The van der Waals surface area contributed by atoms with E-state index in [1.165, 1.54) is 20.3 Å². The molecule has 0 saturated carbocycles. The van der Waals surface area contributed by atoms with E-state index >= 15 is 0 Å². The van der Waals surface area contributed by atoms with Crippen molar-refractivity contribution in [2.75, 3.05) is 38.1 Å². The van der Waals surface area contributed by atoms with E-state index < -0.39 is 0 Å². The third kappa shape index (κ3) is 6.43. The lowest BCUT2D eigenvalue weighted by molar-refractivity contribution is -0.116. The molecule has 3 heterocycles. The Morgan fingerprint density at radius 1 is 1.12 bits per heavy atom. The third-order valence-electron chi connectivity index (χ3n) is 7.20. The summed E-state index contributed by atoms with van der Waals surface area (Å²) >= 11 is 13.5. The number of carbonyl (C=O) groups excluding carboxylic acids is 1. The minimum atomic E-state index is -0.130. The number of fused-ring (bicyclic) bond motifs is 1. The summed E-state index contributed by atoms with van der Waals surface area (Å²) in [6.07, 6.45) is 4.23. The van der Waals surface area contributed by atoms with Gasteiger partial charge < -0.3 is 24.8 Å². The SMILES string of the molecule is C=CC(=O)C[C@H]1CCOC[C@H]1Nc1ncc2cc(-c3c(Cl)c(OC)cc(OC)c3Cl)nc(NCc3ccccc3)c2n1. The molecule has 11 heteroatoms. The highest BCUT2D eigenvalue weighted by Crippen LogP contribution is 2.46. The van der Waals surface area contributed by atoms with Gasteiger partial charge in [0.2, 0.25) is 5.95 Å². The van der Waals surface area contributed by atoms with Gasteiger partial charge in [-0.05, 0) is 30.0 Å². The molecular weight excluding hydrogens is 577 g/mol. The van der Waals surface area contributed by atoms with Crippen LogP contribution in [-0.2, 0) is 16.1 Å². The van der Waals surface area contributed by atoms with Crippen LogP contribution >= 0.6 is 23.2 Å². The predicted molar refractivity (Wildman–Crippen MR) is 166 cm³/mol. The largest absolute Gasteiger partial charge is 0.495 e. The number of hydrogen-bond acceptors (Lipinski definition) is 9. The number of benzene rings is 2. The van der Waals surface area contributed by atoms with Gasteiger partial charge in [-0.1, -0.05) is 60.1 Å². The Bertz CT molecular complexity index is 1570. The molecule has 1 fully saturated rings. The molecule has 0 bridgehead atoms. The van der Waals surface area contributed by atoms with Gasteiger partial charge in [0.1, 0.15) is 17.0 Å². The fraction of sp³-hybridized carbons (Fsp3) is 0.290. The number of methoxy groups -OCH3 is 2. The second-order valence-corrected chi connectivity index (χ2v) is 10.6. The van der Waals surface area contributed by atoms with Gasteiger partial charge >= 0.3 is 0 Å². The summed E-state index contributed by atoms with van der Waals surface area (Å²) in [6, 6.07) is 13.3. The Morgan fingerprint density at radius 3 is 2.55 bits per heavy atom. The first-order valence-corrected chi connectivity index (χ1v) is 14.2. The monoisotopic (exact) mass is 607 g/mol. The van der Waals surface area contributed by atoms with Crippen LogP contribution in [0.2, 0.25) is 10.0 Å². The van der Waals surface area contributed by atoms with Gasteiger partial charge in [-0.3, -0.25) is 4.79 Å². The highest BCUT2D eigenvalue weighted by atomic mass is 35.5. The quantitative estimate of drug-likeness (QED) is 0.182. The van der Waals surface area contributed by atoms with Crippen molar-refractivity contribution in [1.82, 2.24) is 15.0 Å². The van der Waals surface area contributed by atoms with Crippen LogP contribution in [0.15, 0.2) is 61.3 Å². The number of allylic oxidation sites excluding steroid dienone is 1. The third-order valence-corrected chi connectivity index (χ3v) is 7.95. The van der Waals surface area contributed by atoms with Crippen LogP contribution in [0.25, 0.3) is 22.2 Å². The second kappa shape index (κ2) is 13.4. The number of halogens is 2. The second-order valence-electron chi connectivity index (χ2n) is 9.86. The summed E-state index contributed by atoms with van der Waals surface area (Å²) in [6.45, 7) is 5.16. The number of carbonyl (C=O) groups is 1. The molecule has 1 aliphatic rings. The molecule has 2 N–H and O–H groups in total. The number of hydrogen-bond donors (Lipinski definition) is 2. The molecule has 42 heavy (non-hydrogen) atoms. The molecule has 5 rings (SSSR count). The summed E-state index contributed by atoms with van der Waals surface area (Å²) in [4.78, 5) is 26.4. The zero-order chi connectivity index (χ0) is 29.6. The van der Waals surface area contributed by atoms with Crippen LogP contribution in [0.5, 0.6) is 11.5 Å². The minimum absolute atomic E-state index is 0.00347. The molecular formula is C31H31Cl2N5O4. The number of ketones is 1. The molecule has 4 aromatic rings. The molecule has 9 nitrogen and oxygen atoms in total. The number of ether oxygens (including phenoxy) is 3. The topological polar surface area (TPSA) is 107 Å². The number of nitrogens with zero attached hydrogens (tertiary/aromatic N) is 3. The minimum Gasteiger partial charge on any atom is -0.495 e. The van der Waals surface area contributed by atoms with Crippen molar-refractivity contribution in [2.45, 2.75) is 25.4 Å². The molecule has 218 valence electrons. The van der Waals surface area contributed by atoms with Crippen molar-refractivity contribution in [3.05, 3.63) is 76.9 Å². The predicted octanol–water partition coefficient (Wildman–Crippen LogP) is 6.59. The maximum Gasteiger partial charge on any atom is 0.223 e. The molecule has 2 aromatic carbocycles. The van der Waals surface area contributed by atoms with Gasteiger partial charge in [0.15, 0.2) is 11.6 Å². The average Bonchev–Trinajstić information content (AvgIpc) is 3.01. The Kier molecular flexibility index (Phi) is 9.41. The van der Waals surface area contributed by atoms with Gasteiger partial charge in [0.25, 0.3) is 0 Å². The van der Waals surface area contributed by atoms with Crippen molar-refractivity contribution < 1.29 is 19.0 Å². The van der Waals surface area contributed by atoms with E-state index in [2.05, 4.69) is 22.2 Å². The van der Waals surface area contributed by atoms with E-state index in [-0.39, 0.29) is 17.7 Å². The number of pyridine rings is 1. The van der Waals surface area contributed by atoms with E-state index in [1.807, 2.05) is 36.4 Å². The molecule has 2 aromatic heterocycles. The molecule has 1 saturated heterocycles. The van der Waals surface area contributed by atoms with Gasteiger partial charge in [-0.25, -0.2) is 15.0 Å². The van der Waals surface area contributed by atoms with E-state index in [1.54, 1.807) is 12.3 Å². The molecule has 1 aliphatic heterocycles. The lowest BCUT2D eigenvalue weighted by atomic mass is 9.90. The Hall–Kier alpha value is -3.92. The number of aromatic nitrogens is 3. The first kappa shape index (κ1) is 29.6. The molecule has 0 spiro atoms. The van der Waals surface area contributed by atoms with E-state index in [9.17, 15) is 4.79 Å². The fourth-order valence-electron chi connectivity index (χ4n) is 4.95. The molecule has 0 unspecified atom stereocenters. The normalized spacial score (nSPS) is 16.6. The lowest BCUT2D eigenvalue weighted by Gasteiger charge is -2.31. The molecule has 2 atom stereocenters. The first-order chi connectivity index (χ1) is 20.4. The number of nitrogens with one attached hydrogen (secondary N) is 2. The average molecular weight is 609 g/mol. The van der Waals surface area contributed by atoms with E-state index in [4.69, 9.17) is 47.4 Å². The van der Waals surface area contributed by atoms with E-state index in [0.29, 0.717) is 81.7 Å². The Morgan fingerprint density at radius 2 is 1.86 bits per heavy atom. The van der Waals surface area contributed by atoms with Crippen LogP contribution in [0.4, 0.5) is 11.8 Å². The fourth-order valence-corrected chi connectivity index (χ4v) is 5.64. The molecule has 0 aliphatic carbocycles. The standard InChI is InChI=1S/C31H31Cl2N5O4/c1-4-21(39)12-19-10-11-42-17-23(19)37-31-35-16-20-13-22(26-27(32)24(40-2)14-25(41-3)28(26)33)36-30(29(20)38-31)34-15-18-8-6-5-7-9-18/h4-9,13-14,16,19,23H,1,10-12,15,17H2,2-3H3,(H,34,36)(H,35,37,38)/t19-,23-/m1/s1. The highest BCUT2D eigenvalue weighted by molar-refractivity contribution is 6.41. The van der Waals surface area contributed by atoms with Gasteiger partial charge in [-0.2, -0.15) is 0 Å². The Labute approximate surface area is 254 Å². The van der Waals surface area contributed by atoms with Crippen LogP contribution in [-0.4, -0.2) is 54.2 Å². The van der Waals surface area contributed by atoms with Crippen molar-refractivity contribution in [2.24, 2.45) is 5.92 Å². The Balaban J connectivity index is 1.57. The van der Waals surface area contributed by atoms with Crippen LogP contribution in [0.1, 0.15) is 18.4 Å². The summed E-state index contributed by atoms with van der Waals surface area (Å²) in [5, 5.41) is 8.14. The molecule has 0 radical (unpaired) electrons. The summed E-state index contributed by atoms with van der Waals surface area (Å²) < 4.78 is 16.6. The van der Waals surface area contributed by atoms with Crippen LogP contribution in [0.3, 0.4) is 0 Å². The van der Waals surface area contributed by atoms with Gasteiger partial charge in [-0.15, -0.1) is 0 Å². The first-order valence-electron chi connectivity index (χ1n) is 13.5. The smallest absolute Gasteiger partial charge is 0.223 e. The lowest BCUT2D eigenvalue weighted by Crippen LogP contribution is -2.40. The van der Waals surface area contributed by atoms with Crippen molar-refractivity contribution in [3.63, 3.8) is 0 Å². The van der Waals surface area contributed by atoms with Crippen molar-refractivity contribution >= 4 is 51.7 Å². The maximum atomic E-state index is 12.1. The van der Waals surface area contributed by atoms with Gasteiger partial charge in [0.05, 0.1) is 42.6 Å². The van der Waals surface area contributed by atoms with Gasteiger partial charge in [0, 0.05) is 42.8 Å². The van der Waals surface area contributed by atoms with Crippen LogP contribution in [0, 0.1) is 5.92 Å². The van der Waals surface area contributed by atoms with Crippen molar-refractivity contribution in [3.8, 4) is 22.8 Å². The summed E-state index contributed by atoms with van der Waals surface area (Å²) in [7, 11) is 3.05. The van der Waals surface area contributed by atoms with Crippen molar-refractivity contribution in [1.29, 1.82) is 0 Å².